The molecule has 0 saturated carbocycles. The van der Waals surface area contributed by atoms with E-state index in [9.17, 15) is 4.79 Å². The van der Waals surface area contributed by atoms with Gasteiger partial charge in [-0.05, 0) is 24.1 Å². The highest BCUT2D eigenvalue weighted by molar-refractivity contribution is 7.15. The van der Waals surface area contributed by atoms with Gasteiger partial charge in [-0.3, -0.25) is 9.69 Å². The number of halogens is 2. The first-order chi connectivity index (χ1) is 9.63. The van der Waals surface area contributed by atoms with E-state index in [2.05, 4.69) is 6.07 Å². The summed E-state index contributed by atoms with van der Waals surface area (Å²) in [5.74, 6) is -0.769. The molecule has 1 aromatic heterocycles. The standard InChI is InChI=1S/C15H14ClNO2S.ClH/c16-12-4-2-1-3-11(12)14-7-10-8-17(9-15(18)19)6-5-13(10)20-14;/h1-4,7H,5-6,8-9H2,(H,18,19);1H. The van der Waals surface area contributed by atoms with Gasteiger partial charge in [-0.2, -0.15) is 0 Å². The Morgan fingerprint density at radius 3 is 2.86 bits per heavy atom. The maximum atomic E-state index is 10.8. The maximum absolute atomic E-state index is 10.8. The number of carboxylic acid groups (broad SMARTS) is 1. The highest BCUT2D eigenvalue weighted by atomic mass is 35.5. The number of carboxylic acids is 1. The van der Waals surface area contributed by atoms with E-state index in [4.69, 9.17) is 16.7 Å². The number of rotatable bonds is 3. The minimum absolute atomic E-state index is 0. The first-order valence-corrected chi connectivity index (χ1v) is 7.63. The zero-order valence-corrected chi connectivity index (χ0v) is 13.6. The third-order valence-corrected chi connectivity index (χ3v) is 5.04. The van der Waals surface area contributed by atoms with Crippen molar-refractivity contribution in [3.63, 3.8) is 0 Å². The second kappa shape index (κ2) is 6.79. The fourth-order valence-electron chi connectivity index (χ4n) is 2.51. The summed E-state index contributed by atoms with van der Waals surface area (Å²) in [5, 5.41) is 9.63. The minimum Gasteiger partial charge on any atom is -0.480 e. The Morgan fingerprint density at radius 2 is 2.14 bits per heavy atom. The molecular formula is C15H15Cl2NO2S. The molecule has 0 radical (unpaired) electrons. The summed E-state index contributed by atoms with van der Waals surface area (Å²) >= 11 is 8.00. The van der Waals surface area contributed by atoms with Crippen LogP contribution in [0.25, 0.3) is 10.4 Å². The summed E-state index contributed by atoms with van der Waals surface area (Å²) in [6.45, 7) is 1.63. The molecule has 3 rings (SSSR count). The van der Waals surface area contributed by atoms with Crippen LogP contribution in [0.15, 0.2) is 30.3 Å². The molecule has 21 heavy (non-hydrogen) atoms. The van der Waals surface area contributed by atoms with Crippen LogP contribution >= 0.6 is 35.3 Å². The predicted molar refractivity (Wildman–Crippen MR) is 88.6 cm³/mol. The first kappa shape index (κ1) is 16.3. The van der Waals surface area contributed by atoms with Gasteiger partial charge in [-0.1, -0.05) is 29.8 Å². The first-order valence-electron chi connectivity index (χ1n) is 6.44. The number of thiophene rings is 1. The summed E-state index contributed by atoms with van der Waals surface area (Å²) in [5.41, 5.74) is 2.29. The molecular weight excluding hydrogens is 329 g/mol. The van der Waals surface area contributed by atoms with Gasteiger partial charge in [0.2, 0.25) is 0 Å². The molecule has 112 valence electrons. The normalized spacial score (nSPS) is 14.3. The second-order valence-corrected chi connectivity index (χ2v) is 6.44. The summed E-state index contributed by atoms with van der Waals surface area (Å²) in [4.78, 5) is 15.3. The van der Waals surface area contributed by atoms with Crippen molar-refractivity contribution in [1.29, 1.82) is 0 Å². The molecule has 6 heteroatoms. The van der Waals surface area contributed by atoms with Crippen LogP contribution in [0.3, 0.4) is 0 Å². The molecule has 0 spiro atoms. The largest absolute Gasteiger partial charge is 0.480 e. The highest BCUT2D eigenvalue weighted by Gasteiger charge is 2.21. The zero-order valence-electron chi connectivity index (χ0n) is 11.2. The lowest BCUT2D eigenvalue weighted by molar-refractivity contribution is -0.138. The van der Waals surface area contributed by atoms with Crippen LogP contribution in [0.2, 0.25) is 5.02 Å². The minimum atomic E-state index is -0.769. The van der Waals surface area contributed by atoms with Crippen LogP contribution in [0.5, 0.6) is 0 Å². The Labute approximate surface area is 138 Å². The topological polar surface area (TPSA) is 40.5 Å². The molecule has 1 aliphatic rings. The Kier molecular flexibility index (Phi) is 5.27. The van der Waals surface area contributed by atoms with E-state index in [0.717, 1.165) is 28.4 Å². The summed E-state index contributed by atoms with van der Waals surface area (Å²) < 4.78 is 0. The average molecular weight is 344 g/mol. The van der Waals surface area contributed by atoms with Gasteiger partial charge < -0.3 is 5.11 Å². The molecule has 2 heterocycles. The van der Waals surface area contributed by atoms with E-state index >= 15 is 0 Å². The number of hydrogen-bond acceptors (Lipinski definition) is 3. The van der Waals surface area contributed by atoms with Gasteiger partial charge in [-0.25, -0.2) is 0 Å². The molecule has 0 atom stereocenters. The van der Waals surface area contributed by atoms with Crippen LogP contribution in [0.1, 0.15) is 10.4 Å². The van der Waals surface area contributed by atoms with Crippen molar-refractivity contribution in [1.82, 2.24) is 4.90 Å². The van der Waals surface area contributed by atoms with Crippen molar-refractivity contribution in [3.8, 4) is 10.4 Å². The van der Waals surface area contributed by atoms with Crippen LogP contribution in [-0.2, 0) is 17.8 Å². The molecule has 2 aromatic rings. The highest BCUT2D eigenvalue weighted by Crippen LogP contribution is 2.37. The number of benzene rings is 1. The van der Waals surface area contributed by atoms with Crippen LogP contribution in [0.4, 0.5) is 0 Å². The van der Waals surface area contributed by atoms with E-state index in [1.807, 2.05) is 29.2 Å². The number of hydrogen-bond donors (Lipinski definition) is 1. The van der Waals surface area contributed by atoms with Crippen molar-refractivity contribution in [3.05, 3.63) is 45.8 Å². The molecule has 0 amide bonds. The Hall–Kier alpha value is -1.07. The van der Waals surface area contributed by atoms with Crippen molar-refractivity contribution in [2.24, 2.45) is 0 Å². The Balaban J connectivity index is 0.00000161. The molecule has 0 fully saturated rings. The lowest BCUT2D eigenvalue weighted by Gasteiger charge is -2.24. The summed E-state index contributed by atoms with van der Waals surface area (Å²) in [7, 11) is 0. The lowest BCUT2D eigenvalue weighted by Crippen LogP contribution is -2.34. The van der Waals surface area contributed by atoms with Crippen molar-refractivity contribution in [2.75, 3.05) is 13.1 Å². The van der Waals surface area contributed by atoms with Crippen LogP contribution < -0.4 is 0 Å². The third kappa shape index (κ3) is 3.58. The monoisotopic (exact) mass is 343 g/mol. The average Bonchev–Trinajstić information content (AvgIpc) is 2.81. The SMILES string of the molecule is Cl.O=C(O)CN1CCc2sc(-c3ccccc3Cl)cc2C1. The van der Waals surface area contributed by atoms with Gasteiger partial charge in [-0.15, -0.1) is 23.7 Å². The quantitative estimate of drug-likeness (QED) is 0.917. The van der Waals surface area contributed by atoms with E-state index < -0.39 is 5.97 Å². The lowest BCUT2D eigenvalue weighted by atomic mass is 10.1. The van der Waals surface area contributed by atoms with Crippen LogP contribution in [0, 0.1) is 0 Å². The fourth-order valence-corrected chi connectivity index (χ4v) is 4.01. The van der Waals surface area contributed by atoms with Gasteiger partial charge in [0, 0.05) is 33.4 Å². The van der Waals surface area contributed by atoms with Crippen molar-refractivity contribution >= 4 is 41.3 Å². The van der Waals surface area contributed by atoms with Crippen molar-refractivity contribution < 1.29 is 9.90 Å². The van der Waals surface area contributed by atoms with Crippen LogP contribution in [-0.4, -0.2) is 29.1 Å². The van der Waals surface area contributed by atoms with Gasteiger partial charge >= 0.3 is 5.97 Å². The molecule has 1 aromatic carbocycles. The number of nitrogens with zero attached hydrogens (tertiary/aromatic N) is 1. The van der Waals surface area contributed by atoms with Gasteiger partial charge in [0.05, 0.1) is 6.54 Å². The molecule has 0 aliphatic carbocycles. The molecule has 1 aliphatic heterocycles. The number of fused-ring (bicyclic) bond motifs is 1. The Morgan fingerprint density at radius 1 is 1.38 bits per heavy atom. The van der Waals surface area contributed by atoms with E-state index in [-0.39, 0.29) is 19.0 Å². The molecule has 3 nitrogen and oxygen atoms in total. The third-order valence-electron chi connectivity index (χ3n) is 3.44. The predicted octanol–water partition coefficient (Wildman–Crippen LogP) is 3.93. The number of carbonyl (C=O) groups is 1. The summed E-state index contributed by atoms with van der Waals surface area (Å²) in [6.07, 6.45) is 0.914. The van der Waals surface area contributed by atoms with Gasteiger partial charge in [0.25, 0.3) is 0 Å². The van der Waals surface area contributed by atoms with E-state index in [1.54, 1.807) is 11.3 Å². The van der Waals surface area contributed by atoms with E-state index in [0.29, 0.717) is 6.54 Å². The van der Waals surface area contributed by atoms with Gasteiger partial charge in [0.15, 0.2) is 0 Å². The maximum Gasteiger partial charge on any atom is 0.317 e. The number of aliphatic carboxylic acids is 1. The van der Waals surface area contributed by atoms with E-state index in [1.165, 1.54) is 10.4 Å². The molecule has 1 N–H and O–H groups in total. The summed E-state index contributed by atoms with van der Waals surface area (Å²) in [6, 6.07) is 9.97. The second-order valence-electron chi connectivity index (χ2n) is 4.89. The molecule has 0 saturated heterocycles. The Bertz CT molecular complexity index is 657. The smallest absolute Gasteiger partial charge is 0.317 e. The van der Waals surface area contributed by atoms with Crippen molar-refractivity contribution in [2.45, 2.75) is 13.0 Å². The van der Waals surface area contributed by atoms with Gasteiger partial charge in [0.1, 0.15) is 0 Å². The molecule has 0 bridgehead atoms. The zero-order chi connectivity index (χ0) is 14.1. The molecule has 0 unspecified atom stereocenters. The fraction of sp³-hybridized carbons (Fsp3) is 0.267.